The minimum atomic E-state index is 0.665. The van der Waals surface area contributed by atoms with Crippen molar-refractivity contribution in [3.8, 4) is 6.07 Å². The average Bonchev–Trinajstić information content (AvgIpc) is 2.45. The zero-order valence-corrected chi connectivity index (χ0v) is 12.8. The van der Waals surface area contributed by atoms with Gasteiger partial charge in [-0.25, -0.2) is 0 Å². The number of benzene rings is 1. The van der Waals surface area contributed by atoms with E-state index in [1.165, 1.54) is 11.1 Å². The van der Waals surface area contributed by atoms with Gasteiger partial charge in [-0.3, -0.25) is 4.98 Å². The van der Waals surface area contributed by atoms with Crippen LogP contribution >= 0.6 is 11.8 Å². The Morgan fingerprint density at radius 1 is 1.25 bits per heavy atom. The molecule has 0 saturated heterocycles. The molecule has 0 aliphatic carbocycles. The fourth-order valence-corrected chi connectivity index (χ4v) is 3.21. The second-order valence-electron chi connectivity index (χ2n) is 4.91. The summed E-state index contributed by atoms with van der Waals surface area (Å²) in [6, 6.07) is 6.49. The molecule has 2 aromatic rings. The van der Waals surface area contributed by atoms with E-state index in [2.05, 4.69) is 37.0 Å². The Labute approximate surface area is 124 Å². The van der Waals surface area contributed by atoms with Crippen molar-refractivity contribution in [1.29, 1.82) is 5.26 Å². The van der Waals surface area contributed by atoms with Gasteiger partial charge in [0.05, 0.1) is 11.1 Å². The van der Waals surface area contributed by atoms with Crippen LogP contribution in [0.4, 0.5) is 0 Å². The number of nitriles is 1. The summed E-state index contributed by atoms with van der Waals surface area (Å²) in [6.07, 6.45) is 3.78. The number of pyridine rings is 1. The van der Waals surface area contributed by atoms with Crippen molar-refractivity contribution < 1.29 is 0 Å². The first kappa shape index (κ1) is 14.8. The molecule has 4 heteroatoms. The van der Waals surface area contributed by atoms with E-state index in [4.69, 9.17) is 5.73 Å². The summed E-state index contributed by atoms with van der Waals surface area (Å²) in [5.74, 6) is 0.984. The number of nitrogens with zero attached hydrogens (tertiary/aromatic N) is 2. The third-order valence-corrected chi connectivity index (χ3v) is 4.62. The highest BCUT2D eigenvalue weighted by atomic mass is 32.2. The number of rotatable bonds is 5. The molecule has 0 aliphatic heterocycles. The quantitative estimate of drug-likeness (QED) is 0.674. The van der Waals surface area contributed by atoms with Crippen molar-refractivity contribution in [1.82, 2.24) is 4.98 Å². The zero-order valence-electron chi connectivity index (χ0n) is 11.9. The Morgan fingerprint density at radius 2 is 2.00 bits per heavy atom. The Morgan fingerprint density at radius 3 is 2.70 bits per heavy atom. The van der Waals surface area contributed by atoms with Crippen LogP contribution < -0.4 is 5.73 Å². The lowest BCUT2D eigenvalue weighted by Gasteiger charge is -2.10. The van der Waals surface area contributed by atoms with Crippen molar-refractivity contribution >= 4 is 22.7 Å². The molecule has 3 nitrogen and oxygen atoms in total. The molecule has 104 valence electrons. The van der Waals surface area contributed by atoms with Gasteiger partial charge in [0.2, 0.25) is 0 Å². The molecule has 0 unspecified atom stereocenters. The molecule has 0 saturated carbocycles. The molecule has 1 aromatic heterocycles. The van der Waals surface area contributed by atoms with Gasteiger partial charge in [0.15, 0.2) is 0 Å². The van der Waals surface area contributed by atoms with Crippen molar-refractivity contribution in [3.05, 3.63) is 35.0 Å². The van der Waals surface area contributed by atoms with Gasteiger partial charge < -0.3 is 5.73 Å². The van der Waals surface area contributed by atoms with E-state index in [0.717, 1.165) is 40.9 Å². The number of hydrogen-bond acceptors (Lipinski definition) is 4. The molecule has 0 bridgehead atoms. The van der Waals surface area contributed by atoms with E-state index in [9.17, 15) is 5.26 Å². The summed E-state index contributed by atoms with van der Waals surface area (Å²) >= 11 is 1.74. The van der Waals surface area contributed by atoms with Crippen LogP contribution in [0.25, 0.3) is 10.9 Å². The largest absolute Gasteiger partial charge is 0.330 e. The topological polar surface area (TPSA) is 62.7 Å². The van der Waals surface area contributed by atoms with Gasteiger partial charge in [-0.1, -0.05) is 0 Å². The summed E-state index contributed by atoms with van der Waals surface area (Å²) in [5, 5.41) is 10.4. The van der Waals surface area contributed by atoms with E-state index in [1.54, 1.807) is 18.0 Å². The van der Waals surface area contributed by atoms with E-state index in [-0.39, 0.29) is 0 Å². The molecular formula is C16H19N3S. The van der Waals surface area contributed by atoms with Crippen molar-refractivity contribution in [2.45, 2.75) is 31.6 Å². The van der Waals surface area contributed by atoms with Gasteiger partial charge in [-0.05, 0) is 62.2 Å². The van der Waals surface area contributed by atoms with E-state index < -0.39 is 0 Å². The van der Waals surface area contributed by atoms with Crippen LogP contribution in [0.3, 0.4) is 0 Å². The SMILES string of the molecule is Cc1cc2ncc(C#N)c(SCCCCN)c2cc1C. The molecule has 0 atom stereocenters. The number of hydrogen-bond donors (Lipinski definition) is 1. The van der Waals surface area contributed by atoms with Crippen molar-refractivity contribution in [3.63, 3.8) is 0 Å². The number of fused-ring (bicyclic) bond motifs is 1. The second kappa shape index (κ2) is 6.74. The highest BCUT2D eigenvalue weighted by molar-refractivity contribution is 7.99. The number of aromatic nitrogens is 1. The standard InChI is InChI=1S/C16H19N3S/c1-11-7-14-15(8-12(11)2)19-10-13(9-18)16(14)20-6-4-3-5-17/h7-8,10H,3-6,17H2,1-2H3. The molecule has 0 amide bonds. The molecule has 2 N–H and O–H groups in total. The Bertz CT molecular complexity index is 659. The van der Waals surface area contributed by atoms with Gasteiger partial charge >= 0.3 is 0 Å². The third kappa shape index (κ3) is 3.12. The zero-order chi connectivity index (χ0) is 14.5. The average molecular weight is 285 g/mol. The first-order chi connectivity index (χ1) is 9.67. The number of aryl methyl sites for hydroxylation is 2. The van der Waals surface area contributed by atoms with E-state index in [0.29, 0.717) is 5.56 Å². The third-order valence-electron chi connectivity index (χ3n) is 3.40. The van der Waals surface area contributed by atoms with Gasteiger partial charge in [-0.15, -0.1) is 11.8 Å². The first-order valence-electron chi connectivity index (χ1n) is 6.80. The molecule has 1 heterocycles. The van der Waals surface area contributed by atoms with Gasteiger partial charge in [-0.2, -0.15) is 5.26 Å². The van der Waals surface area contributed by atoms with Crippen molar-refractivity contribution in [2.24, 2.45) is 5.73 Å². The fourth-order valence-electron chi connectivity index (χ4n) is 2.08. The minimum Gasteiger partial charge on any atom is -0.330 e. The van der Waals surface area contributed by atoms with Crippen LogP contribution in [0.5, 0.6) is 0 Å². The smallest absolute Gasteiger partial charge is 0.102 e. The van der Waals surface area contributed by atoms with Crippen molar-refractivity contribution in [2.75, 3.05) is 12.3 Å². The molecule has 0 aliphatic rings. The molecular weight excluding hydrogens is 266 g/mol. The van der Waals surface area contributed by atoms with Crippen LogP contribution in [0, 0.1) is 25.2 Å². The summed E-state index contributed by atoms with van der Waals surface area (Å²) in [5.41, 5.74) is 9.62. The molecule has 20 heavy (non-hydrogen) atoms. The second-order valence-corrected chi connectivity index (χ2v) is 6.02. The fraction of sp³-hybridized carbons (Fsp3) is 0.375. The molecule has 2 rings (SSSR count). The van der Waals surface area contributed by atoms with Gasteiger partial charge in [0.25, 0.3) is 0 Å². The maximum atomic E-state index is 9.28. The molecule has 0 fully saturated rings. The lowest BCUT2D eigenvalue weighted by atomic mass is 10.1. The predicted octanol–water partition coefficient (Wildman–Crippen LogP) is 3.55. The van der Waals surface area contributed by atoms with Gasteiger partial charge in [0, 0.05) is 16.5 Å². The van der Waals surface area contributed by atoms with Crippen LogP contribution in [-0.2, 0) is 0 Å². The van der Waals surface area contributed by atoms with E-state index >= 15 is 0 Å². The maximum Gasteiger partial charge on any atom is 0.102 e. The van der Waals surface area contributed by atoms with Gasteiger partial charge in [0.1, 0.15) is 6.07 Å². The summed E-state index contributed by atoms with van der Waals surface area (Å²) in [6.45, 7) is 4.90. The normalized spacial score (nSPS) is 10.7. The summed E-state index contributed by atoms with van der Waals surface area (Å²) in [4.78, 5) is 5.46. The monoisotopic (exact) mass is 285 g/mol. The number of unbranched alkanes of at least 4 members (excludes halogenated alkanes) is 1. The van der Waals surface area contributed by atoms with Crippen LogP contribution in [0.2, 0.25) is 0 Å². The van der Waals surface area contributed by atoms with Crippen LogP contribution in [-0.4, -0.2) is 17.3 Å². The lowest BCUT2D eigenvalue weighted by Crippen LogP contribution is -1.98. The Kier molecular flexibility index (Phi) is 4.99. The first-order valence-corrected chi connectivity index (χ1v) is 7.79. The Balaban J connectivity index is 2.43. The van der Waals surface area contributed by atoms with Crippen LogP contribution in [0.1, 0.15) is 29.5 Å². The highest BCUT2D eigenvalue weighted by Gasteiger charge is 2.10. The predicted molar refractivity (Wildman–Crippen MR) is 84.9 cm³/mol. The molecule has 0 radical (unpaired) electrons. The maximum absolute atomic E-state index is 9.28. The lowest BCUT2D eigenvalue weighted by molar-refractivity contribution is 0.814. The van der Waals surface area contributed by atoms with E-state index in [1.807, 2.05) is 0 Å². The number of nitrogens with two attached hydrogens (primary N) is 1. The summed E-state index contributed by atoms with van der Waals surface area (Å²) in [7, 11) is 0. The Hall–Kier alpha value is -1.57. The molecule has 1 aromatic carbocycles. The highest BCUT2D eigenvalue weighted by Crippen LogP contribution is 2.32. The minimum absolute atomic E-state index is 0.665. The summed E-state index contributed by atoms with van der Waals surface area (Å²) < 4.78 is 0. The van der Waals surface area contributed by atoms with Crippen LogP contribution in [0.15, 0.2) is 23.2 Å². The number of thioether (sulfide) groups is 1. The molecule has 0 spiro atoms.